The highest BCUT2D eigenvalue weighted by molar-refractivity contribution is 6.04. The SMILES string of the molecule is CC/C(=C\C=NC)Nc1ccc(NC(=O)c2ccc(Nc3cncc4ccc(C#N)cc34)cc2)cc1. The molecule has 4 rings (SSSR count). The molecule has 4 aromatic rings. The van der Waals surface area contributed by atoms with Gasteiger partial charge in [-0.1, -0.05) is 13.0 Å². The number of benzene rings is 3. The molecule has 0 unspecified atom stereocenters. The van der Waals surface area contributed by atoms with Crippen molar-refractivity contribution < 1.29 is 4.79 Å². The molecule has 1 amide bonds. The molecule has 1 aromatic heterocycles. The largest absolute Gasteiger partial charge is 0.359 e. The van der Waals surface area contributed by atoms with Crippen molar-refractivity contribution in [1.82, 2.24) is 4.98 Å². The lowest BCUT2D eigenvalue weighted by Gasteiger charge is -2.11. The molecule has 0 bridgehead atoms. The summed E-state index contributed by atoms with van der Waals surface area (Å²) in [5, 5.41) is 20.7. The minimum absolute atomic E-state index is 0.193. The van der Waals surface area contributed by atoms with E-state index in [4.69, 9.17) is 0 Å². The van der Waals surface area contributed by atoms with Crippen LogP contribution in [0.5, 0.6) is 0 Å². The third-order valence-corrected chi connectivity index (χ3v) is 5.57. The van der Waals surface area contributed by atoms with Crippen molar-refractivity contribution in [2.24, 2.45) is 4.99 Å². The number of anilines is 4. The van der Waals surface area contributed by atoms with Crippen molar-refractivity contribution in [2.45, 2.75) is 13.3 Å². The first kappa shape index (κ1) is 24.2. The molecule has 7 nitrogen and oxygen atoms in total. The number of nitriles is 1. The van der Waals surface area contributed by atoms with Gasteiger partial charge in [-0.15, -0.1) is 0 Å². The number of hydrogen-bond donors (Lipinski definition) is 3. The second kappa shape index (κ2) is 11.4. The van der Waals surface area contributed by atoms with Gasteiger partial charge in [0.2, 0.25) is 0 Å². The molecule has 0 saturated heterocycles. The number of hydrogen-bond acceptors (Lipinski definition) is 6. The molecular formula is C29H26N6O. The maximum Gasteiger partial charge on any atom is 0.255 e. The summed E-state index contributed by atoms with van der Waals surface area (Å²) in [6.07, 6.45) is 8.03. The van der Waals surface area contributed by atoms with E-state index in [1.807, 2.05) is 54.6 Å². The molecule has 0 spiro atoms. The van der Waals surface area contributed by atoms with E-state index >= 15 is 0 Å². The summed E-state index contributed by atoms with van der Waals surface area (Å²) in [5.41, 5.74) is 5.42. The van der Waals surface area contributed by atoms with Gasteiger partial charge in [-0.2, -0.15) is 5.26 Å². The maximum absolute atomic E-state index is 12.7. The Kier molecular flexibility index (Phi) is 7.69. The van der Waals surface area contributed by atoms with Crippen molar-refractivity contribution in [2.75, 3.05) is 23.0 Å². The second-order valence-corrected chi connectivity index (χ2v) is 8.05. The van der Waals surface area contributed by atoms with E-state index in [1.54, 1.807) is 43.9 Å². The van der Waals surface area contributed by atoms with E-state index in [0.717, 1.165) is 40.0 Å². The Morgan fingerprint density at radius 3 is 2.33 bits per heavy atom. The van der Waals surface area contributed by atoms with E-state index in [2.05, 4.69) is 38.9 Å². The summed E-state index contributed by atoms with van der Waals surface area (Å²) in [6.45, 7) is 2.07. The Morgan fingerprint density at radius 2 is 1.67 bits per heavy atom. The predicted octanol–water partition coefficient (Wildman–Crippen LogP) is 6.51. The molecule has 7 heteroatoms. The molecule has 0 saturated carbocycles. The van der Waals surface area contributed by atoms with Gasteiger partial charge in [-0.25, -0.2) is 0 Å². The van der Waals surface area contributed by atoms with Gasteiger partial charge in [0.25, 0.3) is 5.91 Å². The van der Waals surface area contributed by atoms with Gasteiger partial charge in [0.05, 0.1) is 23.5 Å². The Labute approximate surface area is 210 Å². The number of carbonyl (C=O) groups excluding carboxylic acids is 1. The zero-order valence-electron chi connectivity index (χ0n) is 20.1. The Balaban J connectivity index is 1.41. The molecule has 0 radical (unpaired) electrons. The quantitative estimate of drug-likeness (QED) is 0.253. The molecule has 0 fully saturated rings. The monoisotopic (exact) mass is 474 g/mol. The summed E-state index contributed by atoms with van der Waals surface area (Å²) in [6, 6.07) is 22.4. The fourth-order valence-electron chi connectivity index (χ4n) is 3.63. The topological polar surface area (TPSA) is 102 Å². The molecule has 178 valence electrons. The fraction of sp³-hybridized carbons (Fsp3) is 0.103. The number of aliphatic imine (C=N–C) groups is 1. The number of aromatic nitrogens is 1. The summed E-state index contributed by atoms with van der Waals surface area (Å²) in [7, 11) is 1.74. The van der Waals surface area contributed by atoms with Crippen LogP contribution in [0.15, 0.2) is 95.9 Å². The van der Waals surface area contributed by atoms with Crippen LogP contribution in [0.1, 0.15) is 29.3 Å². The van der Waals surface area contributed by atoms with Gasteiger partial charge in [0.1, 0.15) is 0 Å². The Hall–Kier alpha value is -4.96. The number of fused-ring (bicyclic) bond motifs is 1. The lowest BCUT2D eigenvalue weighted by atomic mass is 10.1. The summed E-state index contributed by atoms with van der Waals surface area (Å²) < 4.78 is 0. The first-order valence-electron chi connectivity index (χ1n) is 11.5. The van der Waals surface area contributed by atoms with E-state index in [0.29, 0.717) is 16.8 Å². The Morgan fingerprint density at radius 1 is 0.972 bits per heavy atom. The second-order valence-electron chi connectivity index (χ2n) is 8.05. The van der Waals surface area contributed by atoms with Gasteiger partial charge in [0, 0.05) is 58.6 Å². The zero-order chi connectivity index (χ0) is 25.3. The van der Waals surface area contributed by atoms with Crippen LogP contribution < -0.4 is 16.0 Å². The Bertz CT molecular complexity index is 1460. The van der Waals surface area contributed by atoms with Crippen molar-refractivity contribution in [3.63, 3.8) is 0 Å². The van der Waals surface area contributed by atoms with Crippen molar-refractivity contribution in [1.29, 1.82) is 5.26 Å². The third-order valence-electron chi connectivity index (χ3n) is 5.57. The van der Waals surface area contributed by atoms with Crippen molar-refractivity contribution >= 4 is 45.6 Å². The molecule has 0 atom stereocenters. The average Bonchev–Trinajstić information content (AvgIpc) is 2.92. The molecule has 3 N–H and O–H groups in total. The van der Waals surface area contributed by atoms with Crippen molar-refractivity contribution in [3.05, 3.63) is 102 Å². The lowest BCUT2D eigenvalue weighted by Crippen LogP contribution is -2.11. The summed E-state index contributed by atoms with van der Waals surface area (Å²) in [5.74, 6) is -0.193. The molecule has 0 aliphatic carbocycles. The number of carbonyl (C=O) groups is 1. The number of nitrogens with one attached hydrogen (secondary N) is 3. The summed E-state index contributed by atoms with van der Waals surface area (Å²) in [4.78, 5) is 21.0. The minimum atomic E-state index is -0.193. The molecule has 3 aromatic carbocycles. The predicted molar refractivity (Wildman–Crippen MR) is 147 cm³/mol. The number of nitrogens with zero attached hydrogens (tertiary/aromatic N) is 3. The van der Waals surface area contributed by atoms with Crippen LogP contribution in [-0.4, -0.2) is 24.2 Å². The first-order valence-corrected chi connectivity index (χ1v) is 11.5. The average molecular weight is 475 g/mol. The smallest absolute Gasteiger partial charge is 0.255 e. The highest BCUT2D eigenvalue weighted by Gasteiger charge is 2.08. The van der Waals surface area contributed by atoms with E-state index in [-0.39, 0.29) is 5.91 Å². The first-order chi connectivity index (χ1) is 17.6. The van der Waals surface area contributed by atoms with Crippen LogP contribution in [0.2, 0.25) is 0 Å². The third kappa shape index (κ3) is 5.93. The van der Waals surface area contributed by atoms with E-state index in [1.165, 1.54) is 0 Å². The lowest BCUT2D eigenvalue weighted by molar-refractivity contribution is 0.102. The summed E-state index contributed by atoms with van der Waals surface area (Å²) >= 11 is 0. The van der Waals surface area contributed by atoms with Crippen LogP contribution in [0.3, 0.4) is 0 Å². The van der Waals surface area contributed by atoms with Crippen LogP contribution >= 0.6 is 0 Å². The van der Waals surface area contributed by atoms with Crippen LogP contribution in [0, 0.1) is 11.3 Å². The zero-order valence-corrected chi connectivity index (χ0v) is 20.1. The fourth-order valence-corrected chi connectivity index (χ4v) is 3.63. The highest BCUT2D eigenvalue weighted by Crippen LogP contribution is 2.26. The number of pyridine rings is 1. The minimum Gasteiger partial charge on any atom is -0.359 e. The maximum atomic E-state index is 12.7. The normalized spacial score (nSPS) is 11.3. The number of allylic oxidation sites excluding steroid dienone is 2. The van der Waals surface area contributed by atoms with Crippen LogP contribution in [-0.2, 0) is 0 Å². The molecular weight excluding hydrogens is 448 g/mol. The molecule has 0 aliphatic heterocycles. The molecule has 0 aliphatic rings. The van der Waals surface area contributed by atoms with Gasteiger partial charge in [0.15, 0.2) is 0 Å². The molecule has 36 heavy (non-hydrogen) atoms. The van der Waals surface area contributed by atoms with Gasteiger partial charge >= 0.3 is 0 Å². The van der Waals surface area contributed by atoms with E-state index < -0.39 is 0 Å². The molecule has 1 heterocycles. The standard InChI is InChI=1S/C29H26N6O/c1-3-23(14-15-31-2)33-24-10-12-26(13-11-24)35-29(36)21-6-8-25(9-7-21)34-28-19-32-18-22-5-4-20(17-30)16-27(22)28/h4-16,18-19,33-34H,3H2,1-2H3,(H,35,36)/b23-14+,31-15?. The van der Waals surface area contributed by atoms with Crippen LogP contribution in [0.25, 0.3) is 10.8 Å². The number of amides is 1. The van der Waals surface area contributed by atoms with Gasteiger partial charge in [-0.3, -0.25) is 14.8 Å². The van der Waals surface area contributed by atoms with Crippen LogP contribution in [0.4, 0.5) is 22.7 Å². The van der Waals surface area contributed by atoms with E-state index in [9.17, 15) is 10.1 Å². The van der Waals surface area contributed by atoms with Gasteiger partial charge < -0.3 is 16.0 Å². The number of rotatable bonds is 8. The van der Waals surface area contributed by atoms with Gasteiger partial charge in [-0.05, 0) is 73.2 Å². The van der Waals surface area contributed by atoms with Crippen molar-refractivity contribution in [3.8, 4) is 6.07 Å². The highest BCUT2D eigenvalue weighted by atomic mass is 16.1.